The van der Waals surface area contributed by atoms with Crippen molar-refractivity contribution in [3.8, 4) is 0 Å². The van der Waals surface area contributed by atoms with Crippen molar-refractivity contribution < 1.29 is 19.1 Å². The third-order valence-corrected chi connectivity index (χ3v) is 2.94. The van der Waals surface area contributed by atoms with Gasteiger partial charge < -0.3 is 14.3 Å². The van der Waals surface area contributed by atoms with E-state index in [0.29, 0.717) is 19.4 Å². The van der Waals surface area contributed by atoms with Crippen LogP contribution < -0.4 is 0 Å². The lowest BCUT2D eigenvalue weighted by atomic mass is 10.0. The van der Waals surface area contributed by atoms with E-state index < -0.39 is 0 Å². The molecule has 0 aliphatic heterocycles. The maximum Gasteiger partial charge on any atom is 0.155 e. The molecule has 0 spiro atoms. The molecule has 112 valence electrons. The lowest BCUT2D eigenvalue weighted by Gasteiger charge is -2.29. The molecule has 0 aromatic rings. The van der Waals surface area contributed by atoms with Crippen molar-refractivity contribution in [3.05, 3.63) is 0 Å². The smallest absolute Gasteiger partial charge is 0.155 e. The predicted octanol–water partition coefficient (Wildman–Crippen LogP) is 2.93. The van der Waals surface area contributed by atoms with Crippen LogP contribution in [0.4, 0.5) is 0 Å². The number of ketones is 2. The fourth-order valence-electron chi connectivity index (χ4n) is 1.49. The largest absolute Gasteiger partial charge is 0.375 e. The van der Waals surface area contributed by atoms with E-state index in [9.17, 15) is 9.59 Å². The molecular weight excluding hydrogens is 244 g/mol. The second-order valence-electron chi connectivity index (χ2n) is 6.31. The van der Waals surface area contributed by atoms with Crippen LogP contribution in [0.5, 0.6) is 0 Å². The Hall–Kier alpha value is -0.740. The highest BCUT2D eigenvalue weighted by Crippen LogP contribution is 2.20. The van der Waals surface area contributed by atoms with Crippen LogP contribution in [-0.4, -0.2) is 36.0 Å². The Balaban J connectivity index is 3.98. The van der Waals surface area contributed by atoms with Crippen molar-refractivity contribution in [2.45, 2.75) is 72.0 Å². The molecule has 0 fully saturated rings. The van der Waals surface area contributed by atoms with E-state index in [2.05, 4.69) is 0 Å². The number of carbonyl (C=O) groups excluding carboxylic acids is 2. The zero-order valence-electron chi connectivity index (χ0n) is 13.2. The van der Waals surface area contributed by atoms with Crippen LogP contribution in [0.1, 0.15) is 60.8 Å². The minimum absolute atomic E-state index is 0.0239. The molecule has 0 unspecified atom stereocenters. The van der Waals surface area contributed by atoms with E-state index in [4.69, 9.17) is 9.47 Å². The summed E-state index contributed by atoms with van der Waals surface area (Å²) in [6.07, 6.45) is 1.97. The minimum Gasteiger partial charge on any atom is -0.375 e. The molecule has 0 N–H and O–H groups in total. The molecule has 0 aliphatic rings. The molecule has 0 aromatic carbocycles. The van der Waals surface area contributed by atoms with Gasteiger partial charge in [-0.2, -0.15) is 0 Å². The Bertz CT molecular complexity index is 275. The fourth-order valence-corrected chi connectivity index (χ4v) is 1.49. The van der Waals surface area contributed by atoms with Gasteiger partial charge in [0, 0.05) is 6.42 Å². The Morgan fingerprint density at radius 3 is 1.84 bits per heavy atom. The van der Waals surface area contributed by atoms with E-state index in [-0.39, 0.29) is 29.4 Å². The second-order valence-corrected chi connectivity index (χ2v) is 6.31. The van der Waals surface area contributed by atoms with Crippen molar-refractivity contribution in [2.75, 3.05) is 13.2 Å². The highest BCUT2D eigenvalue weighted by atomic mass is 16.5. The normalized spacial score (nSPS) is 12.5. The first kappa shape index (κ1) is 18.3. The predicted molar refractivity (Wildman–Crippen MR) is 75.3 cm³/mol. The van der Waals surface area contributed by atoms with Gasteiger partial charge in [0.2, 0.25) is 0 Å². The van der Waals surface area contributed by atoms with Crippen LogP contribution in [0.15, 0.2) is 0 Å². The molecule has 0 aliphatic carbocycles. The van der Waals surface area contributed by atoms with Gasteiger partial charge in [0.05, 0.1) is 17.8 Å². The molecule has 0 amide bonds. The SMILES string of the molecule is CC(=O)CCC(C)(C)OCCC(C)(C)OCC(C)=O. The van der Waals surface area contributed by atoms with Gasteiger partial charge in [-0.25, -0.2) is 0 Å². The van der Waals surface area contributed by atoms with Crippen molar-refractivity contribution in [3.63, 3.8) is 0 Å². The van der Waals surface area contributed by atoms with Crippen LogP contribution in [0.3, 0.4) is 0 Å². The standard InChI is InChI=1S/C15H28O4/c1-12(16)7-8-14(3,4)18-10-9-15(5,6)19-11-13(2)17/h7-11H2,1-6H3. The summed E-state index contributed by atoms with van der Waals surface area (Å²) >= 11 is 0. The summed E-state index contributed by atoms with van der Waals surface area (Å²) in [5, 5.41) is 0. The zero-order chi connectivity index (χ0) is 15.1. The molecule has 0 bridgehead atoms. The molecule has 0 saturated heterocycles. The molecule has 0 saturated carbocycles. The van der Waals surface area contributed by atoms with Gasteiger partial charge in [-0.05, 0) is 54.4 Å². The van der Waals surface area contributed by atoms with Gasteiger partial charge in [-0.1, -0.05) is 0 Å². The highest BCUT2D eigenvalue weighted by molar-refractivity contribution is 5.76. The summed E-state index contributed by atoms with van der Waals surface area (Å²) in [6, 6.07) is 0. The van der Waals surface area contributed by atoms with Gasteiger partial charge in [0.15, 0.2) is 5.78 Å². The molecule has 4 nitrogen and oxygen atoms in total. The number of carbonyl (C=O) groups is 2. The zero-order valence-corrected chi connectivity index (χ0v) is 13.2. The van der Waals surface area contributed by atoms with E-state index in [1.807, 2.05) is 27.7 Å². The van der Waals surface area contributed by atoms with Crippen LogP contribution in [0, 0.1) is 0 Å². The van der Waals surface area contributed by atoms with Crippen molar-refractivity contribution in [1.29, 1.82) is 0 Å². The Morgan fingerprint density at radius 2 is 1.37 bits per heavy atom. The maximum atomic E-state index is 11.0. The summed E-state index contributed by atoms with van der Waals surface area (Å²) in [4.78, 5) is 21.8. The minimum atomic E-state index is -0.373. The molecule has 0 atom stereocenters. The van der Waals surface area contributed by atoms with Crippen LogP contribution in [0.25, 0.3) is 0 Å². The lowest BCUT2D eigenvalue weighted by Crippen LogP contribution is -2.32. The summed E-state index contributed by atoms with van der Waals surface area (Å²) in [5.41, 5.74) is -0.676. The molecular formula is C15H28O4. The monoisotopic (exact) mass is 272 g/mol. The Labute approximate surface area is 116 Å². The average Bonchev–Trinajstić information content (AvgIpc) is 2.23. The number of ether oxygens (including phenoxy) is 2. The molecule has 0 rings (SSSR count). The Morgan fingerprint density at radius 1 is 0.842 bits per heavy atom. The second kappa shape index (κ2) is 7.75. The molecule has 0 radical (unpaired) electrons. The topological polar surface area (TPSA) is 52.6 Å². The van der Waals surface area contributed by atoms with Gasteiger partial charge in [-0.3, -0.25) is 4.79 Å². The number of hydrogen-bond donors (Lipinski definition) is 0. The summed E-state index contributed by atoms with van der Waals surface area (Å²) in [6.45, 7) is 11.7. The molecule has 4 heteroatoms. The first-order valence-corrected chi connectivity index (χ1v) is 6.81. The summed E-state index contributed by atoms with van der Waals surface area (Å²) in [7, 11) is 0. The Kier molecular flexibility index (Phi) is 7.45. The molecule has 19 heavy (non-hydrogen) atoms. The van der Waals surface area contributed by atoms with Crippen LogP contribution >= 0.6 is 0 Å². The number of Topliss-reactive ketones (excluding diaryl/α,β-unsaturated/α-hetero) is 2. The molecule has 0 heterocycles. The van der Waals surface area contributed by atoms with E-state index in [1.165, 1.54) is 6.92 Å². The third-order valence-electron chi connectivity index (χ3n) is 2.94. The van der Waals surface area contributed by atoms with Crippen molar-refractivity contribution in [2.24, 2.45) is 0 Å². The highest BCUT2D eigenvalue weighted by Gasteiger charge is 2.23. The van der Waals surface area contributed by atoms with Crippen LogP contribution in [0.2, 0.25) is 0 Å². The summed E-state index contributed by atoms with van der Waals surface area (Å²) < 4.78 is 11.3. The van der Waals surface area contributed by atoms with E-state index in [0.717, 1.165) is 6.42 Å². The van der Waals surface area contributed by atoms with Crippen LogP contribution in [-0.2, 0) is 19.1 Å². The first-order chi connectivity index (χ1) is 8.54. The third kappa shape index (κ3) is 10.8. The van der Waals surface area contributed by atoms with E-state index >= 15 is 0 Å². The number of rotatable bonds is 10. The average molecular weight is 272 g/mol. The lowest BCUT2D eigenvalue weighted by molar-refractivity contribution is -0.129. The quantitative estimate of drug-likeness (QED) is 0.613. The summed E-state index contributed by atoms with van der Waals surface area (Å²) in [5.74, 6) is 0.206. The van der Waals surface area contributed by atoms with Gasteiger partial charge in [0.1, 0.15) is 12.4 Å². The van der Waals surface area contributed by atoms with Crippen molar-refractivity contribution in [1.82, 2.24) is 0 Å². The fraction of sp³-hybridized carbons (Fsp3) is 0.867. The van der Waals surface area contributed by atoms with Crippen molar-refractivity contribution >= 4 is 11.6 Å². The maximum absolute atomic E-state index is 11.0. The van der Waals surface area contributed by atoms with Gasteiger partial charge in [0.25, 0.3) is 0 Å². The first-order valence-electron chi connectivity index (χ1n) is 6.81. The van der Waals surface area contributed by atoms with Gasteiger partial charge >= 0.3 is 0 Å². The van der Waals surface area contributed by atoms with E-state index in [1.54, 1.807) is 6.92 Å². The van der Waals surface area contributed by atoms with Gasteiger partial charge in [-0.15, -0.1) is 0 Å². The number of hydrogen-bond acceptors (Lipinski definition) is 4. The molecule has 0 aromatic heterocycles.